The summed E-state index contributed by atoms with van der Waals surface area (Å²) in [7, 11) is 0. The molecular formula is C15H12ClFO. The summed E-state index contributed by atoms with van der Waals surface area (Å²) in [4.78, 5) is 12.1. The Hall–Kier alpha value is -1.67. The third-order valence-electron chi connectivity index (χ3n) is 2.84. The molecule has 0 saturated heterocycles. The van der Waals surface area contributed by atoms with Gasteiger partial charge >= 0.3 is 0 Å². The molecule has 18 heavy (non-hydrogen) atoms. The minimum Gasteiger partial charge on any atom is -0.294 e. The van der Waals surface area contributed by atoms with Gasteiger partial charge in [-0.2, -0.15) is 0 Å². The highest BCUT2D eigenvalue weighted by atomic mass is 35.5. The molecule has 0 aliphatic carbocycles. The maximum Gasteiger partial charge on any atom is 0.168 e. The molecular weight excluding hydrogens is 251 g/mol. The van der Waals surface area contributed by atoms with E-state index in [2.05, 4.69) is 0 Å². The van der Waals surface area contributed by atoms with Crippen molar-refractivity contribution in [2.45, 2.75) is 13.3 Å². The van der Waals surface area contributed by atoms with E-state index in [0.717, 1.165) is 5.56 Å². The smallest absolute Gasteiger partial charge is 0.168 e. The number of benzene rings is 2. The Morgan fingerprint density at radius 2 is 1.94 bits per heavy atom. The average molecular weight is 263 g/mol. The van der Waals surface area contributed by atoms with Crippen LogP contribution in [0.3, 0.4) is 0 Å². The second kappa shape index (κ2) is 5.32. The fourth-order valence-corrected chi connectivity index (χ4v) is 2.03. The van der Waals surface area contributed by atoms with Gasteiger partial charge in [-0.1, -0.05) is 29.8 Å². The lowest BCUT2D eigenvalue weighted by Crippen LogP contribution is -2.05. The summed E-state index contributed by atoms with van der Waals surface area (Å²) in [6.45, 7) is 1.86. The molecule has 0 unspecified atom stereocenters. The summed E-state index contributed by atoms with van der Waals surface area (Å²) < 4.78 is 13.1. The molecule has 2 aromatic carbocycles. The van der Waals surface area contributed by atoms with E-state index >= 15 is 0 Å². The van der Waals surface area contributed by atoms with Gasteiger partial charge < -0.3 is 0 Å². The molecule has 0 aliphatic rings. The van der Waals surface area contributed by atoms with Crippen molar-refractivity contribution in [3.63, 3.8) is 0 Å². The van der Waals surface area contributed by atoms with Crippen LogP contribution in [0.25, 0.3) is 0 Å². The van der Waals surface area contributed by atoms with Gasteiger partial charge in [0.25, 0.3) is 0 Å². The van der Waals surface area contributed by atoms with Crippen LogP contribution in [-0.4, -0.2) is 5.78 Å². The Balaban J connectivity index is 2.27. The van der Waals surface area contributed by atoms with Crippen LogP contribution in [-0.2, 0) is 6.42 Å². The monoisotopic (exact) mass is 262 g/mol. The van der Waals surface area contributed by atoms with Gasteiger partial charge in [0.05, 0.1) is 5.02 Å². The Labute approximate surface area is 110 Å². The molecule has 0 radical (unpaired) electrons. The minimum atomic E-state index is -0.331. The van der Waals surface area contributed by atoms with Crippen molar-refractivity contribution < 1.29 is 9.18 Å². The standard InChI is InChI=1S/C15H12ClFO/c1-10-6-7-12(17)8-11(10)9-15(18)13-4-2-3-5-14(13)16/h2-8H,9H2,1H3. The first-order valence-electron chi connectivity index (χ1n) is 5.60. The number of carbonyl (C=O) groups is 1. The molecule has 0 N–H and O–H groups in total. The summed E-state index contributed by atoms with van der Waals surface area (Å²) in [5.74, 6) is -0.433. The van der Waals surface area contributed by atoms with Gasteiger partial charge in [-0.05, 0) is 42.3 Å². The van der Waals surface area contributed by atoms with E-state index in [1.165, 1.54) is 12.1 Å². The molecule has 0 fully saturated rings. The molecule has 0 aromatic heterocycles. The lowest BCUT2D eigenvalue weighted by Gasteiger charge is -2.06. The zero-order valence-electron chi connectivity index (χ0n) is 9.91. The van der Waals surface area contributed by atoms with E-state index in [0.29, 0.717) is 16.1 Å². The molecule has 3 heteroatoms. The van der Waals surface area contributed by atoms with Crippen LogP contribution in [0.5, 0.6) is 0 Å². The summed E-state index contributed by atoms with van der Waals surface area (Å²) in [5.41, 5.74) is 2.07. The summed E-state index contributed by atoms with van der Waals surface area (Å²) in [6.07, 6.45) is 0.160. The normalized spacial score (nSPS) is 10.4. The van der Waals surface area contributed by atoms with Gasteiger partial charge in [0.15, 0.2) is 5.78 Å². The predicted octanol–water partition coefficient (Wildman–Crippen LogP) is 4.21. The number of ketones is 1. The molecule has 2 rings (SSSR count). The van der Waals surface area contributed by atoms with Gasteiger partial charge in [-0.15, -0.1) is 0 Å². The molecule has 0 saturated carbocycles. The van der Waals surface area contributed by atoms with Crippen molar-refractivity contribution in [3.05, 3.63) is 70.0 Å². The second-order valence-electron chi connectivity index (χ2n) is 4.15. The fraction of sp³-hybridized carbons (Fsp3) is 0.133. The highest BCUT2D eigenvalue weighted by Crippen LogP contribution is 2.19. The largest absolute Gasteiger partial charge is 0.294 e. The third-order valence-corrected chi connectivity index (χ3v) is 3.17. The van der Waals surface area contributed by atoms with Gasteiger partial charge in [-0.3, -0.25) is 4.79 Å². The zero-order chi connectivity index (χ0) is 13.1. The number of rotatable bonds is 3. The minimum absolute atomic E-state index is 0.102. The van der Waals surface area contributed by atoms with Crippen molar-refractivity contribution >= 4 is 17.4 Å². The molecule has 1 nitrogen and oxygen atoms in total. The van der Waals surface area contributed by atoms with Crippen LogP contribution >= 0.6 is 11.6 Å². The fourth-order valence-electron chi connectivity index (χ4n) is 1.79. The molecule has 92 valence electrons. The summed E-state index contributed by atoms with van der Waals surface area (Å²) >= 11 is 5.96. The Kier molecular flexibility index (Phi) is 3.78. The van der Waals surface area contributed by atoms with Gasteiger partial charge in [0.1, 0.15) is 5.82 Å². The van der Waals surface area contributed by atoms with E-state index in [-0.39, 0.29) is 18.0 Å². The zero-order valence-corrected chi connectivity index (χ0v) is 10.7. The van der Waals surface area contributed by atoms with E-state index in [1.54, 1.807) is 30.3 Å². The van der Waals surface area contributed by atoms with Gasteiger partial charge in [0.2, 0.25) is 0 Å². The average Bonchev–Trinajstić information content (AvgIpc) is 2.34. The van der Waals surface area contributed by atoms with Crippen LogP contribution < -0.4 is 0 Å². The molecule has 0 spiro atoms. The topological polar surface area (TPSA) is 17.1 Å². The Bertz CT molecular complexity index is 593. The number of carbonyl (C=O) groups excluding carboxylic acids is 1. The first-order chi connectivity index (χ1) is 8.58. The summed E-state index contributed by atoms with van der Waals surface area (Å²) in [6, 6.07) is 11.3. The van der Waals surface area contributed by atoms with Crippen molar-refractivity contribution in [2.24, 2.45) is 0 Å². The van der Waals surface area contributed by atoms with Crippen LogP contribution in [0.2, 0.25) is 5.02 Å². The maximum absolute atomic E-state index is 13.1. The Morgan fingerprint density at radius 1 is 1.22 bits per heavy atom. The highest BCUT2D eigenvalue weighted by Gasteiger charge is 2.12. The van der Waals surface area contributed by atoms with E-state index in [1.807, 2.05) is 6.92 Å². The molecule has 0 aliphatic heterocycles. The van der Waals surface area contributed by atoms with E-state index in [9.17, 15) is 9.18 Å². The van der Waals surface area contributed by atoms with E-state index < -0.39 is 0 Å². The van der Waals surface area contributed by atoms with Gasteiger partial charge in [0, 0.05) is 12.0 Å². The van der Waals surface area contributed by atoms with Crippen molar-refractivity contribution in [3.8, 4) is 0 Å². The predicted molar refractivity (Wildman–Crippen MR) is 70.6 cm³/mol. The lowest BCUT2D eigenvalue weighted by atomic mass is 9.99. The lowest BCUT2D eigenvalue weighted by molar-refractivity contribution is 0.0993. The number of halogens is 2. The van der Waals surface area contributed by atoms with Crippen LogP contribution in [0.1, 0.15) is 21.5 Å². The first-order valence-corrected chi connectivity index (χ1v) is 5.98. The quantitative estimate of drug-likeness (QED) is 0.757. The summed E-state index contributed by atoms with van der Waals surface area (Å²) in [5, 5.41) is 0.427. The molecule has 0 bridgehead atoms. The molecule has 2 aromatic rings. The van der Waals surface area contributed by atoms with Crippen molar-refractivity contribution in [1.29, 1.82) is 0 Å². The first kappa shape index (κ1) is 12.8. The number of hydrogen-bond acceptors (Lipinski definition) is 1. The van der Waals surface area contributed by atoms with Gasteiger partial charge in [-0.25, -0.2) is 4.39 Å². The Morgan fingerprint density at radius 3 is 2.67 bits per heavy atom. The third kappa shape index (κ3) is 2.77. The number of aryl methyl sites for hydroxylation is 1. The van der Waals surface area contributed by atoms with Crippen LogP contribution in [0, 0.1) is 12.7 Å². The van der Waals surface area contributed by atoms with Crippen LogP contribution in [0.4, 0.5) is 4.39 Å². The second-order valence-corrected chi connectivity index (χ2v) is 4.56. The molecule has 0 atom stereocenters. The SMILES string of the molecule is Cc1ccc(F)cc1CC(=O)c1ccccc1Cl. The highest BCUT2D eigenvalue weighted by molar-refractivity contribution is 6.34. The van der Waals surface area contributed by atoms with Crippen LogP contribution in [0.15, 0.2) is 42.5 Å². The van der Waals surface area contributed by atoms with Crippen molar-refractivity contribution in [1.82, 2.24) is 0 Å². The van der Waals surface area contributed by atoms with E-state index in [4.69, 9.17) is 11.6 Å². The molecule has 0 heterocycles. The van der Waals surface area contributed by atoms with Crippen molar-refractivity contribution in [2.75, 3.05) is 0 Å². The molecule has 0 amide bonds. The number of hydrogen-bond donors (Lipinski definition) is 0. The maximum atomic E-state index is 13.1. The number of Topliss-reactive ketones (excluding diaryl/α,β-unsaturated/α-hetero) is 1.